The van der Waals surface area contributed by atoms with E-state index in [1.807, 2.05) is 19.2 Å². The normalized spacial score (nSPS) is 11.3. The topological polar surface area (TPSA) is 37.6 Å². The van der Waals surface area contributed by atoms with Gasteiger partial charge < -0.3 is 0 Å². The first-order valence-corrected chi connectivity index (χ1v) is 7.81. The molecule has 0 bridgehead atoms. The fourth-order valence-corrected chi connectivity index (χ4v) is 2.78. The van der Waals surface area contributed by atoms with Gasteiger partial charge in [-0.05, 0) is 37.2 Å². The highest BCUT2D eigenvalue weighted by Gasteiger charge is 2.07. The Morgan fingerprint density at radius 2 is 1.96 bits per heavy atom. The van der Waals surface area contributed by atoms with Crippen LogP contribution in [0.25, 0.3) is 5.65 Å². The number of halogens is 1. The summed E-state index contributed by atoms with van der Waals surface area (Å²) in [4.78, 5) is 18.9. The predicted molar refractivity (Wildman–Crippen MR) is 92.8 cm³/mol. The lowest BCUT2D eigenvalue weighted by atomic mass is 10.1. The van der Waals surface area contributed by atoms with Crippen molar-refractivity contribution >= 4 is 17.2 Å². The lowest BCUT2D eigenvalue weighted by Crippen LogP contribution is -2.22. The Morgan fingerprint density at radius 3 is 2.74 bits per heavy atom. The first kappa shape index (κ1) is 15.7. The Balaban J connectivity index is 1.82. The second kappa shape index (κ2) is 6.52. The largest absolute Gasteiger partial charge is 0.296 e. The maximum atomic E-state index is 12.2. The van der Waals surface area contributed by atoms with Gasteiger partial charge in [0.15, 0.2) is 0 Å². The molecule has 3 aromatic rings. The van der Waals surface area contributed by atoms with Crippen LogP contribution in [0.5, 0.6) is 0 Å². The summed E-state index contributed by atoms with van der Waals surface area (Å²) in [5.74, 6) is 0. The van der Waals surface area contributed by atoms with Crippen molar-refractivity contribution in [2.45, 2.75) is 20.0 Å². The maximum Gasteiger partial charge on any atom is 0.258 e. The van der Waals surface area contributed by atoms with E-state index in [0.29, 0.717) is 17.2 Å². The Labute approximate surface area is 140 Å². The van der Waals surface area contributed by atoms with Gasteiger partial charge in [-0.1, -0.05) is 35.9 Å². The average Bonchev–Trinajstić information content (AvgIpc) is 2.50. The molecule has 0 aliphatic carbocycles. The molecule has 4 nitrogen and oxygen atoms in total. The number of hydrogen-bond donors (Lipinski definition) is 0. The van der Waals surface area contributed by atoms with Crippen molar-refractivity contribution < 1.29 is 0 Å². The third kappa shape index (κ3) is 3.60. The molecule has 2 aromatic heterocycles. The van der Waals surface area contributed by atoms with Gasteiger partial charge in [-0.3, -0.25) is 14.1 Å². The molecular weight excluding hydrogens is 310 g/mol. The van der Waals surface area contributed by atoms with Crippen molar-refractivity contribution in [1.82, 2.24) is 14.3 Å². The molecule has 0 saturated heterocycles. The summed E-state index contributed by atoms with van der Waals surface area (Å²) in [7, 11) is 2.03. The van der Waals surface area contributed by atoms with Crippen LogP contribution in [-0.2, 0) is 13.1 Å². The van der Waals surface area contributed by atoms with Gasteiger partial charge in [0.25, 0.3) is 5.56 Å². The molecule has 2 heterocycles. The molecule has 3 rings (SSSR count). The fraction of sp³-hybridized carbons (Fsp3) is 0.222. The third-order valence-corrected chi connectivity index (χ3v) is 4.03. The molecule has 0 aliphatic heterocycles. The van der Waals surface area contributed by atoms with Crippen LogP contribution in [0.2, 0.25) is 5.02 Å². The number of aryl methyl sites for hydroxylation is 1. The first-order valence-electron chi connectivity index (χ1n) is 7.44. The third-order valence-electron chi connectivity index (χ3n) is 3.81. The van der Waals surface area contributed by atoms with Crippen molar-refractivity contribution in [3.8, 4) is 0 Å². The van der Waals surface area contributed by atoms with E-state index in [1.165, 1.54) is 15.5 Å². The first-order chi connectivity index (χ1) is 11.0. The molecule has 1 aromatic carbocycles. The summed E-state index contributed by atoms with van der Waals surface area (Å²) < 4.78 is 1.47. The van der Waals surface area contributed by atoms with Gasteiger partial charge in [-0.2, -0.15) is 0 Å². The minimum Gasteiger partial charge on any atom is -0.296 e. The summed E-state index contributed by atoms with van der Waals surface area (Å²) in [5.41, 5.74) is 3.80. The molecule has 5 heteroatoms. The summed E-state index contributed by atoms with van der Waals surface area (Å²) >= 11 is 5.92. The number of hydrogen-bond acceptors (Lipinski definition) is 3. The van der Waals surface area contributed by atoms with E-state index in [-0.39, 0.29) is 5.56 Å². The lowest BCUT2D eigenvalue weighted by molar-refractivity contribution is 0.314. The van der Waals surface area contributed by atoms with E-state index < -0.39 is 0 Å². The van der Waals surface area contributed by atoms with Gasteiger partial charge in [-0.25, -0.2) is 4.98 Å². The average molecular weight is 328 g/mol. The van der Waals surface area contributed by atoms with E-state index >= 15 is 0 Å². The van der Waals surface area contributed by atoms with Crippen molar-refractivity contribution in [3.05, 3.63) is 80.9 Å². The quantitative estimate of drug-likeness (QED) is 0.738. The summed E-state index contributed by atoms with van der Waals surface area (Å²) in [5, 5.41) is 0.519. The van der Waals surface area contributed by atoms with Crippen LogP contribution in [0.3, 0.4) is 0 Å². The molecule has 0 aliphatic rings. The van der Waals surface area contributed by atoms with Gasteiger partial charge in [0, 0.05) is 25.4 Å². The standard InChI is InChI=1S/C18H18ClN3O/c1-13-5-3-4-6-14(13)10-21(2)12-16-9-18(23)22-11-15(19)7-8-17(22)20-16/h3-9,11H,10,12H2,1-2H3. The van der Waals surface area contributed by atoms with Gasteiger partial charge in [0.1, 0.15) is 5.65 Å². The molecular formula is C18H18ClN3O. The molecule has 118 valence electrons. The Bertz CT molecular complexity index is 904. The summed E-state index contributed by atoms with van der Waals surface area (Å²) in [6.07, 6.45) is 1.59. The van der Waals surface area contributed by atoms with Crippen molar-refractivity contribution in [2.24, 2.45) is 0 Å². The van der Waals surface area contributed by atoms with Crippen LogP contribution in [0.15, 0.2) is 53.5 Å². The van der Waals surface area contributed by atoms with Gasteiger partial charge in [0.2, 0.25) is 0 Å². The molecule has 0 atom stereocenters. The minimum atomic E-state index is -0.114. The minimum absolute atomic E-state index is 0.114. The van der Waals surface area contributed by atoms with Crippen molar-refractivity contribution in [2.75, 3.05) is 7.05 Å². The number of aromatic nitrogens is 2. The highest BCUT2D eigenvalue weighted by molar-refractivity contribution is 6.30. The zero-order chi connectivity index (χ0) is 16.4. The van der Waals surface area contributed by atoms with Gasteiger partial charge in [0.05, 0.1) is 10.7 Å². The molecule has 0 spiro atoms. The Hall–Kier alpha value is -2.17. The number of fused-ring (bicyclic) bond motifs is 1. The monoisotopic (exact) mass is 327 g/mol. The van der Waals surface area contributed by atoms with Crippen LogP contribution in [0, 0.1) is 6.92 Å². The van der Waals surface area contributed by atoms with Crippen LogP contribution < -0.4 is 5.56 Å². The molecule has 0 unspecified atom stereocenters. The number of rotatable bonds is 4. The van der Waals surface area contributed by atoms with Crippen LogP contribution in [0.1, 0.15) is 16.8 Å². The zero-order valence-electron chi connectivity index (χ0n) is 13.2. The smallest absolute Gasteiger partial charge is 0.258 e. The van der Waals surface area contributed by atoms with Crippen molar-refractivity contribution in [1.29, 1.82) is 0 Å². The maximum absolute atomic E-state index is 12.2. The van der Waals surface area contributed by atoms with Crippen LogP contribution in [0.4, 0.5) is 0 Å². The van der Waals surface area contributed by atoms with Gasteiger partial charge >= 0.3 is 0 Å². The molecule has 0 radical (unpaired) electrons. The van der Waals surface area contributed by atoms with E-state index in [0.717, 1.165) is 12.2 Å². The number of pyridine rings is 1. The fourth-order valence-electron chi connectivity index (χ4n) is 2.62. The number of benzene rings is 1. The second-order valence-corrected chi connectivity index (χ2v) is 6.20. The summed E-state index contributed by atoms with van der Waals surface area (Å²) in [6.45, 7) is 3.53. The highest BCUT2D eigenvalue weighted by Crippen LogP contribution is 2.12. The van der Waals surface area contributed by atoms with Crippen molar-refractivity contribution in [3.63, 3.8) is 0 Å². The molecule has 0 N–H and O–H groups in total. The second-order valence-electron chi connectivity index (χ2n) is 5.76. The molecule has 0 amide bonds. The van der Waals surface area contributed by atoms with Crippen LogP contribution >= 0.6 is 11.6 Å². The highest BCUT2D eigenvalue weighted by atomic mass is 35.5. The predicted octanol–water partition coefficient (Wildman–Crippen LogP) is 3.29. The van der Waals surface area contributed by atoms with E-state index in [9.17, 15) is 4.79 Å². The Morgan fingerprint density at radius 1 is 1.17 bits per heavy atom. The van der Waals surface area contributed by atoms with Gasteiger partial charge in [-0.15, -0.1) is 0 Å². The molecule has 0 saturated carbocycles. The zero-order valence-corrected chi connectivity index (χ0v) is 13.9. The van der Waals surface area contributed by atoms with Crippen LogP contribution in [-0.4, -0.2) is 21.3 Å². The SMILES string of the molecule is Cc1ccccc1CN(C)Cc1cc(=O)n2cc(Cl)ccc2n1. The number of nitrogens with zero attached hydrogens (tertiary/aromatic N) is 3. The molecule has 23 heavy (non-hydrogen) atoms. The Kier molecular flexibility index (Phi) is 4.46. The van der Waals surface area contributed by atoms with E-state index in [1.54, 1.807) is 24.4 Å². The molecule has 0 fully saturated rings. The van der Waals surface area contributed by atoms with E-state index in [2.05, 4.69) is 28.9 Å². The van der Waals surface area contributed by atoms with E-state index in [4.69, 9.17) is 11.6 Å². The summed E-state index contributed by atoms with van der Waals surface area (Å²) in [6, 6.07) is 13.4. The lowest BCUT2D eigenvalue weighted by Gasteiger charge is -2.17.